The first kappa shape index (κ1) is 18.8. The van der Waals surface area contributed by atoms with Gasteiger partial charge in [-0.25, -0.2) is 9.50 Å². The molecule has 0 aliphatic heterocycles. The Morgan fingerprint density at radius 2 is 2.07 bits per heavy atom. The van der Waals surface area contributed by atoms with Crippen LogP contribution in [0.25, 0.3) is 16.8 Å². The van der Waals surface area contributed by atoms with E-state index in [1.807, 2.05) is 58.2 Å². The molecule has 3 aromatic heterocycles. The van der Waals surface area contributed by atoms with Crippen LogP contribution in [0.3, 0.4) is 0 Å². The second-order valence-electron chi connectivity index (χ2n) is 7.94. The van der Waals surface area contributed by atoms with Crippen LogP contribution in [-0.2, 0) is 12.0 Å². The summed E-state index contributed by atoms with van der Waals surface area (Å²) < 4.78 is 6.98. The molecule has 0 atom stereocenters. The summed E-state index contributed by atoms with van der Waals surface area (Å²) in [6.45, 7) is 8.23. The highest BCUT2D eigenvalue weighted by molar-refractivity contribution is 5.90. The number of hydrogen-bond donors (Lipinski definition) is 1. The van der Waals surface area contributed by atoms with E-state index in [4.69, 9.17) is 4.52 Å². The number of aryl methyl sites for hydroxylation is 1. The zero-order valence-electron chi connectivity index (χ0n) is 16.8. The van der Waals surface area contributed by atoms with E-state index in [2.05, 4.69) is 31.6 Å². The second kappa shape index (κ2) is 7.12. The van der Waals surface area contributed by atoms with E-state index in [0.29, 0.717) is 12.4 Å². The Hall–Kier alpha value is -3.55. The van der Waals surface area contributed by atoms with E-state index in [1.165, 1.54) is 0 Å². The van der Waals surface area contributed by atoms with Gasteiger partial charge in [-0.05, 0) is 36.2 Å². The molecule has 0 spiro atoms. The maximum absolute atomic E-state index is 12.4. The van der Waals surface area contributed by atoms with Gasteiger partial charge in [0, 0.05) is 23.7 Å². The minimum atomic E-state index is -0.363. The fourth-order valence-electron chi connectivity index (χ4n) is 3.00. The molecule has 0 saturated carbocycles. The smallest absolute Gasteiger partial charge is 0.292 e. The van der Waals surface area contributed by atoms with Crippen molar-refractivity contribution in [2.24, 2.45) is 0 Å². The molecule has 0 radical (unpaired) electrons. The monoisotopic (exact) mass is 390 g/mol. The summed E-state index contributed by atoms with van der Waals surface area (Å²) in [6, 6.07) is 9.96. The van der Waals surface area contributed by atoms with E-state index in [0.717, 1.165) is 27.9 Å². The highest BCUT2D eigenvalue weighted by Crippen LogP contribution is 2.24. The van der Waals surface area contributed by atoms with E-state index in [-0.39, 0.29) is 17.1 Å². The lowest BCUT2D eigenvalue weighted by molar-refractivity contribution is 0.0937. The number of nitrogens with zero attached hydrogens (tertiary/aromatic N) is 5. The number of nitrogens with one attached hydrogen (secondary N) is 1. The molecule has 3 heterocycles. The molecule has 8 heteroatoms. The second-order valence-corrected chi connectivity index (χ2v) is 7.94. The number of fused-ring (bicyclic) bond motifs is 1. The van der Waals surface area contributed by atoms with Gasteiger partial charge in [0.15, 0.2) is 0 Å². The minimum absolute atomic E-state index is 0.0424. The normalized spacial score (nSPS) is 11.7. The van der Waals surface area contributed by atoms with Crippen LogP contribution >= 0.6 is 0 Å². The van der Waals surface area contributed by atoms with Crippen molar-refractivity contribution in [1.82, 2.24) is 30.1 Å². The van der Waals surface area contributed by atoms with Crippen LogP contribution in [0.4, 0.5) is 0 Å². The standard InChI is InChI=1S/C21H22N6O2/c1-13-10-14(17-16-6-5-9-27(16)24-12-23-17)7-8-15(13)11-22-19(28)18-25-20(29-26-18)21(2,3)4/h5-10,12H,11H2,1-4H3,(H,22,28). The summed E-state index contributed by atoms with van der Waals surface area (Å²) in [5.74, 6) is 0.115. The molecule has 4 rings (SSSR count). The molecule has 1 aromatic carbocycles. The van der Waals surface area contributed by atoms with Crippen LogP contribution in [0, 0.1) is 6.92 Å². The van der Waals surface area contributed by atoms with Crippen molar-refractivity contribution >= 4 is 11.4 Å². The molecular weight excluding hydrogens is 368 g/mol. The molecule has 4 aromatic rings. The van der Waals surface area contributed by atoms with Gasteiger partial charge in [-0.15, -0.1) is 0 Å². The summed E-state index contributed by atoms with van der Waals surface area (Å²) in [5, 5.41) is 10.8. The first-order valence-corrected chi connectivity index (χ1v) is 9.33. The van der Waals surface area contributed by atoms with Gasteiger partial charge < -0.3 is 9.84 Å². The van der Waals surface area contributed by atoms with Crippen LogP contribution in [0.2, 0.25) is 0 Å². The van der Waals surface area contributed by atoms with E-state index < -0.39 is 0 Å². The first-order chi connectivity index (χ1) is 13.8. The van der Waals surface area contributed by atoms with Crippen LogP contribution in [0.1, 0.15) is 48.4 Å². The van der Waals surface area contributed by atoms with Gasteiger partial charge in [0.05, 0.1) is 11.2 Å². The molecule has 0 bridgehead atoms. The molecule has 8 nitrogen and oxygen atoms in total. The topological polar surface area (TPSA) is 98.2 Å². The quantitative estimate of drug-likeness (QED) is 0.574. The van der Waals surface area contributed by atoms with Gasteiger partial charge in [0.25, 0.3) is 11.7 Å². The van der Waals surface area contributed by atoms with Crippen molar-refractivity contribution in [2.45, 2.75) is 39.7 Å². The van der Waals surface area contributed by atoms with Gasteiger partial charge in [0.2, 0.25) is 5.89 Å². The molecule has 0 aliphatic rings. The van der Waals surface area contributed by atoms with Crippen LogP contribution in [0.5, 0.6) is 0 Å². The molecule has 148 valence electrons. The number of carbonyl (C=O) groups is 1. The number of hydrogen-bond acceptors (Lipinski definition) is 6. The summed E-state index contributed by atoms with van der Waals surface area (Å²) >= 11 is 0. The minimum Gasteiger partial charge on any atom is -0.345 e. The third kappa shape index (κ3) is 3.73. The molecule has 1 N–H and O–H groups in total. The fraction of sp³-hybridized carbons (Fsp3) is 0.286. The summed E-state index contributed by atoms with van der Waals surface area (Å²) in [5.41, 5.74) is 4.56. The van der Waals surface area contributed by atoms with Crippen molar-refractivity contribution in [3.05, 3.63) is 65.7 Å². The number of rotatable bonds is 4. The average molecular weight is 390 g/mol. The van der Waals surface area contributed by atoms with Crippen molar-refractivity contribution < 1.29 is 9.32 Å². The van der Waals surface area contributed by atoms with E-state index >= 15 is 0 Å². The lowest BCUT2D eigenvalue weighted by Gasteiger charge is -2.10. The molecular formula is C21H22N6O2. The predicted molar refractivity (Wildman–Crippen MR) is 107 cm³/mol. The SMILES string of the molecule is Cc1cc(-c2ncnn3cccc23)ccc1CNC(=O)c1noc(C(C)(C)C)n1. The van der Waals surface area contributed by atoms with Gasteiger partial charge >= 0.3 is 0 Å². The van der Waals surface area contributed by atoms with E-state index in [9.17, 15) is 4.79 Å². The van der Waals surface area contributed by atoms with E-state index in [1.54, 1.807) is 10.8 Å². The van der Waals surface area contributed by atoms with Crippen molar-refractivity contribution in [2.75, 3.05) is 0 Å². The molecule has 0 aliphatic carbocycles. The maximum atomic E-state index is 12.4. The highest BCUT2D eigenvalue weighted by atomic mass is 16.5. The Morgan fingerprint density at radius 1 is 1.24 bits per heavy atom. The van der Waals surface area contributed by atoms with Crippen molar-refractivity contribution in [3.63, 3.8) is 0 Å². The zero-order chi connectivity index (χ0) is 20.6. The Morgan fingerprint density at radius 3 is 2.79 bits per heavy atom. The van der Waals surface area contributed by atoms with Gasteiger partial charge in [0.1, 0.15) is 6.33 Å². The Balaban J connectivity index is 1.50. The van der Waals surface area contributed by atoms with Gasteiger partial charge in [-0.3, -0.25) is 4.79 Å². The van der Waals surface area contributed by atoms with Crippen LogP contribution in [0.15, 0.2) is 47.4 Å². The van der Waals surface area contributed by atoms with Crippen molar-refractivity contribution in [3.8, 4) is 11.3 Å². The fourth-order valence-corrected chi connectivity index (χ4v) is 3.00. The summed E-state index contributed by atoms with van der Waals surface area (Å²) in [7, 11) is 0. The number of carbonyl (C=O) groups excluding carboxylic acids is 1. The molecule has 0 saturated heterocycles. The van der Waals surface area contributed by atoms with Crippen LogP contribution < -0.4 is 5.32 Å². The van der Waals surface area contributed by atoms with Crippen molar-refractivity contribution in [1.29, 1.82) is 0 Å². The lowest BCUT2D eigenvalue weighted by Crippen LogP contribution is -2.24. The first-order valence-electron chi connectivity index (χ1n) is 9.33. The van der Waals surface area contributed by atoms with Crippen LogP contribution in [-0.4, -0.2) is 30.6 Å². The lowest BCUT2D eigenvalue weighted by atomic mass is 9.97. The van der Waals surface area contributed by atoms with Gasteiger partial charge in [-0.1, -0.05) is 38.1 Å². The highest BCUT2D eigenvalue weighted by Gasteiger charge is 2.24. The largest absolute Gasteiger partial charge is 0.345 e. The number of benzene rings is 1. The summed E-state index contributed by atoms with van der Waals surface area (Å²) in [6.07, 6.45) is 3.43. The molecule has 1 amide bonds. The van der Waals surface area contributed by atoms with Gasteiger partial charge in [-0.2, -0.15) is 10.1 Å². The predicted octanol–water partition coefficient (Wildman–Crippen LogP) is 3.32. The Kier molecular flexibility index (Phi) is 4.62. The Bertz CT molecular complexity index is 1190. The average Bonchev–Trinajstić information content (AvgIpc) is 3.35. The summed E-state index contributed by atoms with van der Waals surface area (Å²) in [4.78, 5) is 21.0. The third-order valence-electron chi connectivity index (χ3n) is 4.66. The zero-order valence-corrected chi connectivity index (χ0v) is 16.8. The number of aromatic nitrogens is 5. The Labute approximate surface area is 168 Å². The molecule has 0 fully saturated rings. The third-order valence-corrected chi connectivity index (χ3v) is 4.66. The molecule has 29 heavy (non-hydrogen) atoms. The molecule has 0 unspecified atom stereocenters. The maximum Gasteiger partial charge on any atom is 0.292 e. The number of amides is 1.